The van der Waals surface area contributed by atoms with Gasteiger partial charge in [0.1, 0.15) is 0 Å². The first-order chi connectivity index (χ1) is 7.72. The molecule has 0 aliphatic rings. The fourth-order valence-corrected chi connectivity index (χ4v) is 2.20. The smallest absolute Gasteiger partial charge is 0.0480 e. The van der Waals surface area contributed by atoms with Crippen molar-refractivity contribution in [3.05, 3.63) is 35.5 Å². The molecular formula is C14H20N2. The molecule has 0 spiro atoms. The molecule has 16 heavy (non-hydrogen) atoms. The molecule has 0 radical (unpaired) electrons. The minimum absolute atomic E-state index is 0.797. The quantitative estimate of drug-likeness (QED) is 0.783. The molecule has 0 bridgehead atoms. The highest BCUT2D eigenvalue weighted by molar-refractivity contribution is 5.81. The van der Waals surface area contributed by atoms with Gasteiger partial charge in [-0.05, 0) is 67.4 Å². The first kappa shape index (κ1) is 11.2. The van der Waals surface area contributed by atoms with Gasteiger partial charge in [0.2, 0.25) is 0 Å². The third-order valence-corrected chi connectivity index (χ3v) is 3.24. The average Bonchev–Trinajstić information content (AvgIpc) is 2.61. The Bertz CT molecular complexity index is 483. The van der Waals surface area contributed by atoms with E-state index in [-0.39, 0.29) is 0 Å². The summed E-state index contributed by atoms with van der Waals surface area (Å²) >= 11 is 0. The minimum atomic E-state index is 0.797. The highest BCUT2D eigenvalue weighted by Gasteiger charge is 2.03. The van der Waals surface area contributed by atoms with Gasteiger partial charge in [0.05, 0.1) is 0 Å². The standard InChI is InChI=1S/C14H20N2/c1-11-9-13-6-8-16(2)14(13)10-12(11)5-3-4-7-15/h6,8-10H,3-5,7,15H2,1-2H3. The Morgan fingerprint density at radius 1 is 1.25 bits per heavy atom. The zero-order chi connectivity index (χ0) is 11.5. The van der Waals surface area contributed by atoms with E-state index in [2.05, 4.69) is 42.9 Å². The van der Waals surface area contributed by atoms with E-state index in [4.69, 9.17) is 5.73 Å². The predicted octanol–water partition coefficient (Wildman–Crippen LogP) is 2.77. The molecule has 2 nitrogen and oxygen atoms in total. The van der Waals surface area contributed by atoms with E-state index >= 15 is 0 Å². The van der Waals surface area contributed by atoms with Crippen molar-refractivity contribution in [2.75, 3.05) is 6.54 Å². The van der Waals surface area contributed by atoms with Gasteiger partial charge >= 0.3 is 0 Å². The number of aromatic nitrogens is 1. The number of hydrogen-bond donors (Lipinski definition) is 1. The number of benzene rings is 1. The van der Waals surface area contributed by atoms with E-state index < -0.39 is 0 Å². The Balaban J connectivity index is 2.29. The van der Waals surface area contributed by atoms with E-state index in [1.165, 1.54) is 28.5 Å². The highest BCUT2D eigenvalue weighted by Crippen LogP contribution is 2.21. The van der Waals surface area contributed by atoms with Crippen LogP contribution in [-0.4, -0.2) is 11.1 Å². The Morgan fingerprint density at radius 3 is 2.81 bits per heavy atom. The van der Waals surface area contributed by atoms with Crippen LogP contribution < -0.4 is 5.73 Å². The zero-order valence-corrected chi connectivity index (χ0v) is 10.2. The first-order valence-corrected chi connectivity index (χ1v) is 5.97. The summed E-state index contributed by atoms with van der Waals surface area (Å²) in [4.78, 5) is 0. The van der Waals surface area contributed by atoms with Crippen LogP contribution in [0.2, 0.25) is 0 Å². The molecular weight excluding hydrogens is 196 g/mol. The monoisotopic (exact) mass is 216 g/mol. The normalized spacial score (nSPS) is 11.2. The van der Waals surface area contributed by atoms with Crippen LogP contribution in [-0.2, 0) is 13.5 Å². The van der Waals surface area contributed by atoms with Crippen LogP contribution in [0.3, 0.4) is 0 Å². The molecule has 2 N–H and O–H groups in total. The molecule has 2 rings (SSSR count). The van der Waals surface area contributed by atoms with Gasteiger partial charge in [0, 0.05) is 18.8 Å². The second-order valence-electron chi connectivity index (χ2n) is 4.51. The van der Waals surface area contributed by atoms with Gasteiger partial charge < -0.3 is 10.3 Å². The number of hydrogen-bond acceptors (Lipinski definition) is 1. The van der Waals surface area contributed by atoms with E-state index in [1.807, 2.05) is 0 Å². The molecule has 0 atom stereocenters. The third-order valence-electron chi connectivity index (χ3n) is 3.24. The number of unbranched alkanes of at least 4 members (excludes halogenated alkanes) is 1. The van der Waals surface area contributed by atoms with Crippen molar-refractivity contribution in [2.24, 2.45) is 12.8 Å². The van der Waals surface area contributed by atoms with Crippen LogP contribution in [0.5, 0.6) is 0 Å². The number of nitrogens with zero attached hydrogens (tertiary/aromatic N) is 1. The van der Waals surface area contributed by atoms with Crippen LogP contribution in [0, 0.1) is 6.92 Å². The Kier molecular flexibility index (Phi) is 3.30. The fourth-order valence-electron chi connectivity index (χ4n) is 2.20. The van der Waals surface area contributed by atoms with Crippen LogP contribution in [0.25, 0.3) is 10.9 Å². The van der Waals surface area contributed by atoms with Crippen molar-refractivity contribution in [2.45, 2.75) is 26.2 Å². The van der Waals surface area contributed by atoms with Crippen molar-refractivity contribution in [3.63, 3.8) is 0 Å². The van der Waals surface area contributed by atoms with Crippen molar-refractivity contribution < 1.29 is 0 Å². The number of nitrogens with two attached hydrogens (primary N) is 1. The molecule has 0 saturated carbocycles. The van der Waals surface area contributed by atoms with Gasteiger partial charge in [-0.1, -0.05) is 0 Å². The summed E-state index contributed by atoms with van der Waals surface area (Å²) in [6, 6.07) is 6.78. The molecule has 2 heteroatoms. The van der Waals surface area contributed by atoms with Gasteiger partial charge in [0.25, 0.3) is 0 Å². The van der Waals surface area contributed by atoms with Gasteiger partial charge in [-0.15, -0.1) is 0 Å². The van der Waals surface area contributed by atoms with Gasteiger partial charge in [-0.25, -0.2) is 0 Å². The average molecular weight is 216 g/mol. The maximum Gasteiger partial charge on any atom is 0.0480 e. The van der Waals surface area contributed by atoms with Crippen LogP contribution in [0.15, 0.2) is 24.4 Å². The lowest BCUT2D eigenvalue weighted by Gasteiger charge is -2.07. The summed E-state index contributed by atoms with van der Waals surface area (Å²) in [5.74, 6) is 0. The third kappa shape index (κ3) is 2.12. The summed E-state index contributed by atoms with van der Waals surface area (Å²) in [6.45, 7) is 3.00. The SMILES string of the molecule is Cc1cc2ccn(C)c2cc1CCCCN. The molecule has 86 valence electrons. The van der Waals surface area contributed by atoms with Crippen molar-refractivity contribution in [3.8, 4) is 0 Å². The second-order valence-corrected chi connectivity index (χ2v) is 4.51. The Hall–Kier alpha value is -1.28. The van der Waals surface area contributed by atoms with Crippen LogP contribution >= 0.6 is 0 Å². The molecule has 0 unspecified atom stereocenters. The summed E-state index contributed by atoms with van der Waals surface area (Å²) in [5, 5.41) is 1.34. The molecule has 1 heterocycles. The zero-order valence-electron chi connectivity index (χ0n) is 10.2. The molecule has 1 aromatic carbocycles. The summed E-state index contributed by atoms with van der Waals surface area (Å²) < 4.78 is 2.18. The van der Waals surface area contributed by atoms with Crippen LogP contribution in [0.1, 0.15) is 24.0 Å². The van der Waals surface area contributed by atoms with Crippen molar-refractivity contribution in [1.82, 2.24) is 4.57 Å². The van der Waals surface area contributed by atoms with E-state index in [0.29, 0.717) is 0 Å². The lowest BCUT2D eigenvalue weighted by molar-refractivity contribution is 0.742. The lowest BCUT2D eigenvalue weighted by atomic mass is 10.0. The van der Waals surface area contributed by atoms with E-state index in [0.717, 1.165) is 19.4 Å². The maximum absolute atomic E-state index is 5.52. The second kappa shape index (κ2) is 4.71. The number of rotatable bonds is 4. The molecule has 0 aliphatic heterocycles. The fraction of sp³-hybridized carbons (Fsp3) is 0.429. The van der Waals surface area contributed by atoms with Gasteiger partial charge in [-0.3, -0.25) is 0 Å². The molecule has 0 aliphatic carbocycles. The highest BCUT2D eigenvalue weighted by atomic mass is 14.9. The molecule has 0 fully saturated rings. The Labute approximate surface area is 97.1 Å². The van der Waals surface area contributed by atoms with Crippen LogP contribution in [0.4, 0.5) is 0 Å². The Morgan fingerprint density at radius 2 is 2.06 bits per heavy atom. The molecule has 0 amide bonds. The first-order valence-electron chi connectivity index (χ1n) is 5.97. The van der Waals surface area contributed by atoms with Gasteiger partial charge in [0.15, 0.2) is 0 Å². The van der Waals surface area contributed by atoms with Crippen molar-refractivity contribution >= 4 is 10.9 Å². The largest absolute Gasteiger partial charge is 0.351 e. The van der Waals surface area contributed by atoms with Crippen molar-refractivity contribution in [1.29, 1.82) is 0 Å². The lowest BCUT2D eigenvalue weighted by Crippen LogP contribution is -2.00. The molecule has 1 aromatic heterocycles. The van der Waals surface area contributed by atoms with Gasteiger partial charge in [-0.2, -0.15) is 0 Å². The minimum Gasteiger partial charge on any atom is -0.351 e. The summed E-state index contributed by atoms with van der Waals surface area (Å²) in [5.41, 5.74) is 9.71. The summed E-state index contributed by atoms with van der Waals surface area (Å²) in [6.07, 6.45) is 5.57. The molecule has 0 saturated heterocycles. The topological polar surface area (TPSA) is 30.9 Å². The molecule has 2 aromatic rings. The predicted molar refractivity (Wildman–Crippen MR) is 69.6 cm³/mol. The van der Waals surface area contributed by atoms with E-state index in [1.54, 1.807) is 0 Å². The van der Waals surface area contributed by atoms with E-state index in [9.17, 15) is 0 Å². The maximum atomic E-state index is 5.52. The summed E-state index contributed by atoms with van der Waals surface area (Å²) in [7, 11) is 2.10. The number of fused-ring (bicyclic) bond motifs is 1. The number of aryl methyl sites for hydroxylation is 3.